The van der Waals surface area contributed by atoms with Gasteiger partial charge in [0, 0.05) is 34.7 Å². The fourth-order valence-corrected chi connectivity index (χ4v) is 2.91. The van der Waals surface area contributed by atoms with Gasteiger partial charge in [-0.25, -0.2) is 0 Å². The van der Waals surface area contributed by atoms with Gasteiger partial charge in [-0.05, 0) is 43.3 Å². The fraction of sp³-hybridized carbons (Fsp3) is 0.312. The number of anilines is 2. The van der Waals surface area contributed by atoms with Crippen LogP contribution in [0.15, 0.2) is 36.4 Å². The smallest absolute Gasteiger partial charge is 0.229 e. The fourth-order valence-electron chi connectivity index (χ4n) is 2.02. The van der Waals surface area contributed by atoms with Crippen LogP contribution in [0.25, 0.3) is 0 Å². The van der Waals surface area contributed by atoms with Gasteiger partial charge in [0.1, 0.15) is 0 Å². The highest BCUT2D eigenvalue weighted by Gasteiger charge is 2.06. The molecule has 0 radical (unpaired) electrons. The number of rotatable bonds is 6. The molecule has 0 saturated heterocycles. The standard InChI is InChI=1S/C16H20N2O2S/c1-12-3-8-15(21-12)11-16(20)17-13-4-6-14(7-5-13)18(2)9-10-19/h3-8,19H,9-11H2,1-2H3,(H,17,20). The summed E-state index contributed by atoms with van der Waals surface area (Å²) >= 11 is 1.65. The Morgan fingerprint density at radius 3 is 2.52 bits per heavy atom. The zero-order chi connectivity index (χ0) is 15.2. The van der Waals surface area contributed by atoms with Gasteiger partial charge in [0.15, 0.2) is 0 Å². The Bertz CT molecular complexity index is 593. The van der Waals surface area contributed by atoms with Crippen LogP contribution in [-0.4, -0.2) is 31.2 Å². The van der Waals surface area contributed by atoms with Gasteiger partial charge in [-0.3, -0.25) is 4.79 Å². The molecule has 5 heteroatoms. The molecule has 0 aliphatic carbocycles. The minimum absolute atomic E-state index is 0.00619. The maximum absolute atomic E-state index is 12.0. The second kappa shape index (κ2) is 7.24. The number of nitrogens with one attached hydrogen (secondary N) is 1. The summed E-state index contributed by atoms with van der Waals surface area (Å²) in [6.45, 7) is 2.74. The highest BCUT2D eigenvalue weighted by molar-refractivity contribution is 7.12. The van der Waals surface area contributed by atoms with Crippen molar-refractivity contribution in [1.82, 2.24) is 0 Å². The minimum atomic E-state index is -0.00619. The van der Waals surface area contributed by atoms with E-state index in [-0.39, 0.29) is 12.5 Å². The normalized spacial score (nSPS) is 10.4. The molecule has 4 nitrogen and oxygen atoms in total. The van der Waals surface area contributed by atoms with Crippen molar-refractivity contribution in [3.8, 4) is 0 Å². The molecule has 0 aliphatic heterocycles. The second-order valence-electron chi connectivity index (χ2n) is 4.93. The molecule has 0 saturated carbocycles. The third-order valence-electron chi connectivity index (χ3n) is 3.16. The molecule has 0 fully saturated rings. The lowest BCUT2D eigenvalue weighted by Crippen LogP contribution is -2.21. The monoisotopic (exact) mass is 304 g/mol. The first-order valence-electron chi connectivity index (χ1n) is 6.85. The number of benzene rings is 1. The Morgan fingerprint density at radius 2 is 1.95 bits per heavy atom. The molecule has 0 unspecified atom stereocenters. The molecular formula is C16H20N2O2S. The predicted octanol–water partition coefficient (Wildman–Crippen LogP) is 2.67. The van der Waals surface area contributed by atoms with Crippen molar-refractivity contribution >= 4 is 28.6 Å². The van der Waals surface area contributed by atoms with E-state index in [4.69, 9.17) is 5.11 Å². The van der Waals surface area contributed by atoms with Crippen LogP contribution in [0.4, 0.5) is 11.4 Å². The Balaban J connectivity index is 1.92. The zero-order valence-electron chi connectivity index (χ0n) is 12.3. The summed E-state index contributed by atoms with van der Waals surface area (Å²) in [5, 5.41) is 11.8. The molecule has 0 aliphatic rings. The molecule has 0 spiro atoms. The number of amides is 1. The van der Waals surface area contributed by atoms with Crippen molar-refractivity contribution in [2.24, 2.45) is 0 Å². The van der Waals surface area contributed by atoms with Gasteiger partial charge in [-0.1, -0.05) is 0 Å². The van der Waals surface area contributed by atoms with E-state index in [9.17, 15) is 4.79 Å². The number of aliphatic hydroxyl groups excluding tert-OH is 1. The second-order valence-corrected chi connectivity index (χ2v) is 6.30. The molecule has 21 heavy (non-hydrogen) atoms. The van der Waals surface area contributed by atoms with E-state index in [0.717, 1.165) is 16.3 Å². The zero-order valence-corrected chi connectivity index (χ0v) is 13.1. The quantitative estimate of drug-likeness (QED) is 0.862. The van der Waals surface area contributed by atoms with E-state index < -0.39 is 0 Å². The molecule has 0 atom stereocenters. The van der Waals surface area contributed by atoms with Gasteiger partial charge in [-0.2, -0.15) is 0 Å². The van der Waals surface area contributed by atoms with E-state index in [1.54, 1.807) is 11.3 Å². The largest absolute Gasteiger partial charge is 0.395 e. The molecular weight excluding hydrogens is 284 g/mol. The van der Waals surface area contributed by atoms with Crippen LogP contribution in [0.3, 0.4) is 0 Å². The molecule has 2 aromatic rings. The summed E-state index contributed by atoms with van der Waals surface area (Å²) in [5.41, 5.74) is 1.80. The molecule has 1 aromatic heterocycles. The predicted molar refractivity (Wildman–Crippen MR) is 88.2 cm³/mol. The Kier molecular flexibility index (Phi) is 5.36. The van der Waals surface area contributed by atoms with Gasteiger partial charge >= 0.3 is 0 Å². The first-order valence-corrected chi connectivity index (χ1v) is 7.67. The van der Waals surface area contributed by atoms with Crippen LogP contribution in [0.5, 0.6) is 0 Å². The Morgan fingerprint density at radius 1 is 1.24 bits per heavy atom. The van der Waals surface area contributed by atoms with Crippen LogP contribution in [0.2, 0.25) is 0 Å². The lowest BCUT2D eigenvalue weighted by atomic mass is 10.2. The molecule has 1 heterocycles. The maximum atomic E-state index is 12.0. The van der Waals surface area contributed by atoms with Crippen molar-refractivity contribution in [2.45, 2.75) is 13.3 Å². The SMILES string of the molecule is Cc1ccc(CC(=O)Nc2ccc(N(C)CCO)cc2)s1. The van der Waals surface area contributed by atoms with Gasteiger partial charge in [0.25, 0.3) is 0 Å². The number of carbonyl (C=O) groups excluding carboxylic acids is 1. The van der Waals surface area contributed by atoms with Crippen molar-refractivity contribution < 1.29 is 9.90 Å². The van der Waals surface area contributed by atoms with Gasteiger partial charge in [0.2, 0.25) is 5.91 Å². The number of nitrogens with zero attached hydrogens (tertiary/aromatic N) is 1. The van der Waals surface area contributed by atoms with Crippen molar-refractivity contribution in [2.75, 3.05) is 30.4 Å². The molecule has 2 rings (SSSR count). The Hall–Kier alpha value is -1.85. The number of hydrogen-bond acceptors (Lipinski definition) is 4. The molecule has 2 N–H and O–H groups in total. The van der Waals surface area contributed by atoms with Crippen molar-refractivity contribution in [3.63, 3.8) is 0 Å². The van der Waals surface area contributed by atoms with E-state index in [0.29, 0.717) is 13.0 Å². The summed E-state index contributed by atoms with van der Waals surface area (Å²) in [7, 11) is 1.92. The summed E-state index contributed by atoms with van der Waals surface area (Å²) < 4.78 is 0. The highest BCUT2D eigenvalue weighted by Crippen LogP contribution is 2.18. The van der Waals surface area contributed by atoms with Crippen LogP contribution in [0.1, 0.15) is 9.75 Å². The van der Waals surface area contributed by atoms with Gasteiger partial charge < -0.3 is 15.3 Å². The van der Waals surface area contributed by atoms with E-state index >= 15 is 0 Å². The molecule has 112 valence electrons. The average molecular weight is 304 g/mol. The van der Waals surface area contributed by atoms with Gasteiger partial charge in [-0.15, -0.1) is 11.3 Å². The number of aliphatic hydroxyl groups is 1. The van der Waals surface area contributed by atoms with Crippen LogP contribution >= 0.6 is 11.3 Å². The maximum Gasteiger partial charge on any atom is 0.229 e. The minimum Gasteiger partial charge on any atom is -0.395 e. The molecule has 0 bridgehead atoms. The van der Waals surface area contributed by atoms with Crippen molar-refractivity contribution in [1.29, 1.82) is 0 Å². The van der Waals surface area contributed by atoms with E-state index in [1.165, 1.54) is 4.88 Å². The number of thiophene rings is 1. The summed E-state index contributed by atoms with van der Waals surface area (Å²) in [5.74, 6) is -0.00619. The summed E-state index contributed by atoms with van der Waals surface area (Å²) in [6.07, 6.45) is 0.407. The lowest BCUT2D eigenvalue weighted by Gasteiger charge is -2.18. The summed E-state index contributed by atoms with van der Waals surface area (Å²) in [6, 6.07) is 11.6. The average Bonchev–Trinajstić information content (AvgIpc) is 2.85. The first kappa shape index (κ1) is 15.5. The van der Waals surface area contributed by atoms with Crippen molar-refractivity contribution in [3.05, 3.63) is 46.2 Å². The third kappa shape index (κ3) is 4.58. The molecule has 1 aromatic carbocycles. The number of likely N-dealkylation sites (N-methyl/N-ethyl adjacent to an activating group) is 1. The van der Waals surface area contributed by atoms with E-state index in [1.807, 2.05) is 55.3 Å². The number of hydrogen-bond donors (Lipinski definition) is 2. The number of carbonyl (C=O) groups is 1. The highest BCUT2D eigenvalue weighted by atomic mass is 32.1. The summed E-state index contributed by atoms with van der Waals surface area (Å²) in [4.78, 5) is 16.2. The lowest BCUT2D eigenvalue weighted by molar-refractivity contribution is -0.115. The molecule has 1 amide bonds. The topological polar surface area (TPSA) is 52.6 Å². The number of aryl methyl sites for hydroxylation is 1. The Labute approximate surface area is 129 Å². The van der Waals surface area contributed by atoms with Crippen LogP contribution < -0.4 is 10.2 Å². The van der Waals surface area contributed by atoms with Gasteiger partial charge in [0.05, 0.1) is 13.0 Å². The van der Waals surface area contributed by atoms with Crippen LogP contribution in [-0.2, 0) is 11.2 Å². The van der Waals surface area contributed by atoms with E-state index in [2.05, 4.69) is 5.32 Å². The first-order chi connectivity index (χ1) is 10.1. The van der Waals surface area contributed by atoms with Crippen LogP contribution in [0, 0.1) is 6.92 Å². The third-order valence-corrected chi connectivity index (χ3v) is 4.16.